The van der Waals surface area contributed by atoms with Gasteiger partial charge in [0.25, 0.3) is 0 Å². The molecule has 0 N–H and O–H groups in total. The molecule has 0 nitrogen and oxygen atoms in total. The maximum absolute atomic E-state index is 2.85. The Balaban J connectivity index is 3.35. The van der Waals surface area contributed by atoms with E-state index in [1.807, 2.05) is 0 Å². The fraction of sp³-hybridized carbons (Fsp3) is 0.455. The summed E-state index contributed by atoms with van der Waals surface area (Å²) in [4.78, 5) is 0. The highest BCUT2D eigenvalue weighted by atomic mass is 31.0. The van der Waals surface area contributed by atoms with Crippen molar-refractivity contribution in [2.75, 3.05) is 0 Å². The molecular formula is C11H18P2. The van der Waals surface area contributed by atoms with Gasteiger partial charge in [-0.1, -0.05) is 32.9 Å². The van der Waals surface area contributed by atoms with Crippen LogP contribution in [0.25, 0.3) is 0 Å². The second-order valence-electron chi connectivity index (χ2n) is 4.49. The van der Waals surface area contributed by atoms with E-state index in [0.717, 1.165) is 0 Å². The van der Waals surface area contributed by atoms with Crippen LogP contribution in [0.4, 0.5) is 0 Å². The van der Waals surface area contributed by atoms with Crippen molar-refractivity contribution in [1.82, 2.24) is 0 Å². The maximum Gasteiger partial charge on any atom is -0.0126 e. The molecule has 0 aliphatic carbocycles. The zero-order chi connectivity index (χ0) is 10.2. The molecule has 1 rings (SSSR count). The Morgan fingerprint density at radius 2 is 1.62 bits per heavy atom. The second-order valence-corrected chi connectivity index (χ2v) is 5.69. The molecule has 0 radical (unpaired) electrons. The lowest BCUT2D eigenvalue weighted by atomic mass is 9.86. The van der Waals surface area contributed by atoms with E-state index in [9.17, 15) is 0 Å². The van der Waals surface area contributed by atoms with E-state index >= 15 is 0 Å². The van der Waals surface area contributed by atoms with Gasteiger partial charge in [-0.2, -0.15) is 0 Å². The van der Waals surface area contributed by atoms with Crippen LogP contribution in [0.5, 0.6) is 0 Å². The summed E-state index contributed by atoms with van der Waals surface area (Å²) < 4.78 is 0. The first-order valence-electron chi connectivity index (χ1n) is 4.49. The van der Waals surface area contributed by atoms with Crippen LogP contribution in [0.3, 0.4) is 0 Å². The minimum atomic E-state index is 0.236. The monoisotopic (exact) mass is 212 g/mol. The minimum Gasteiger partial charge on any atom is -0.105 e. The van der Waals surface area contributed by atoms with Crippen LogP contribution < -0.4 is 10.6 Å². The van der Waals surface area contributed by atoms with Gasteiger partial charge in [0.1, 0.15) is 0 Å². The molecule has 0 amide bonds. The lowest BCUT2D eigenvalue weighted by molar-refractivity contribution is 0.594. The molecule has 2 unspecified atom stereocenters. The van der Waals surface area contributed by atoms with Crippen molar-refractivity contribution in [3.63, 3.8) is 0 Å². The zero-order valence-electron chi connectivity index (χ0n) is 8.81. The molecule has 72 valence electrons. The third-order valence-electron chi connectivity index (χ3n) is 2.36. The van der Waals surface area contributed by atoms with Crippen molar-refractivity contribution in [2.24, 2.45) is 0 Å². The lowest BCUT2D eigenvalue weighted by Gasteiger charge is -2.23. The van der Waals surface area contributed by atoms with Crippen LogP contribution in [0.15, 0.2) is 12.1 Å². The van der Waals surface area contributed by atoms with Gasteiger partial charge in [0.2, 0.25) is 0 Å². The summed E-state index contributed by atoms with van der Waals surface area (Å²) in [6.07, 6.45) is 0. The van der Waals surface area contributed by atoms with E-state index in [1.54, 1.807) is 0 Å². The van der Waals surface area contributed by atoms with Crippen molar-refractivity contribution in [1.29, 1.82) is 0 Å². The lowest BCUT2D eigenvalue weighted by Crippen LogP contribution is -2.23. The highest BCUT2D eigenvalue weighted by molar-refractivity contribution is 7.30. The third-order valence-corrected chi connectivity index (χ3v) is 3.73. The highest BCUT2D eigenvalue weighted by Crippen LogP contribution is 2.22. The third kappa shape index (κ3) is 2.30. The summed E-state index contributed by atoms with van der Waals surface area (Å²) in [6.45, 7) is 8.91. The summed E-state index contributed by atoms with van der Waals surface area (Å²) in [6, 6.07) is 4.39. The van der Waals surface area contributed by atoms with E-state index in [2.05, 4.69) is 58.3 Å². The smallest absolute Gasteiger partial charge is 0.0126 e. The van der Waals surface area contributed by atoms with Gasteiger partial charge < -0.3 is 0 Å². The van der Waals surface area contributed by atoms with Crippen LogP contribution in [0.2, 0.25) is 0 Å². The van der Waals surface area contributed by atoms with Crippen molar-refractivity contribution in [3.05, 3.63) is 23.3 Å². The first-order valence-corrected chi connectivity index (χ1v) is 5.64. The first-order chi connectivity index (χ1) is 5.84. The standard InChI is InChI=1S/C11H18P2/c1-7-9(12)6-5-8(10(7)13)11(2,3)4/h5-6H,12-13H2,1-4H3. The van der Waals surface area contributed by atoms with Gasteiger partial charge in [-0.25, -0.2) is 0 Å². The molecule has 0 bridgehead atoms. The normalized spacial score (nSPS) is 11.8. The molecule has 0 spiro atoms. The van der Waals surface area contributed by atoms with E-state index in [1.165, 1.54) is 21.7 Å². The summed E-state index contributed by atoms with van der Waals surface area (Å²) in [5.74, 6) is 0. The van der Waals surface area contributed by atoms with Gasteiger partial charge in [-0.15, -0.1) is 18.5 Å². The Bertz CT molecular complexity index is 322. The Kier molecular flexibility index (Phi) is 3.16. The average molecular weight is 212 g/mol. The van der Waals surface area contributed by atoms with Gasteiger partial charge in [0.05, 0.1) is 0 Å². The summed E-state index contributed by atoms with van der Waals surface area (Å²) in [7, 11) is 5.62. The molecule has 0 saturated heterocycles. The molecular weight excluding hydrogens is 194 g/mol. The first kappa shape index (κ1) is 11.2. The Labute approximate surface area is 85.9 Å². The average Bonchev–Trinajstić information content (AvgIpc) is 1.98. The largest absolute Gasteiger partial charge is 0.105 e. The number of hydrogen-bond donors (Lipinski definition) is 0. The van der Waals surface area contributed by atoms with Crippen LogP contribution in [-0.2, 0) is 5.41 Å². The molecule has 2 atom stereocenters. The zero-order valence-corrected chi connectivity index (χ0v) is 11.1. The van der Waals surface area contributed by atoms with Crippen LogP contribution in [-0.4, -0.2) is 0 Å². The Morgan fingerprint density at radius 3 is 2.08 bits per heavy atom. The molecule has 0 fully saturated rings. The van der Waals surface area contributed by atoms with Crippen LogP contribution >= 0.6 is 18.5 Å². The van der Waals surface area contributed by atoms with Gasteiger partial charge in [0.15, 0.2) is 0 Å². The Morgan fingerprint density at radius 1 is 1.08 bits per heavy atom. The minimum absolute atomic E-state index is 0.236. The summed E-state index contributed by atoms with van der Waals surface area (Å²) in [5, 5.41) is 2.64. The second kappa shape index (κ2) is 3.68. The van der Waals surface area contributed by atoms with Crippen molar-refractivity contribution < 1.29 is 0 Å². The molecule has 0 aliphatic heterocycles. The summed E-state index contributed by atoms with van der Waals surface area (Å²) in [5.41, 5.74) is 3.02. The summed E-state index contributed by atoms with van der Waals surface area (Å²) >= 11 is 0. The molecule has 0 aliphatic rings. The van der Waals surface area contributed by atoms with Gasteiger partial charge in [0, 0.05) is 0 Å². The quantitative estimate of drug-likeness (QED) is 0.579. The van der Waals surface area contributed by atoms with Crippen molar-refractivity contribution >= 4 is 29.1 Å². The predicted octanol–water partition coefficient (Wildman–Crippen LogP) is 2.29. The van der Waals surface area contributed by atoms with E-state index < -0.39 is 0 Å². The fourth-order valence-electron chi connectivity index (χ4n) is 1.40. The molecule has 13 heavy (non-hydrogen) atoms. The molecule has 0 heterocycles. The SMILES string of the molecule is Cc1c(P)ccc(C(C)(C)C)c1P. The van der Waals surface area contributed by atoms with Crippen molar-refractivity contribution in [3.8, 4) is 0 Å². The van der Waals surface area contributed by atoms with Crippen LogP contribution in [0, 0.1) is 6.92 Å². The molecule has 2 heteroatoms. The number of hydrogen-bond acceptors (Lipinski definition) is 0. The topological polar surface area (TPSA) is 0 Å². The van der Waals surface area contributed by atoms with E-state index in [-0.39, 0.29) is 5.41 Å². The predicted molar refractivity (Wildman–Crippen MR) is 68.6 cm³/mol. The van der Waals surface area contributed by atoms with E-state index in [4.69, 9.17) is 0 Å². The highest BCUT2D eigenvalue weighted by Gasteiger charge is 2.17. The molecule has 0 aromatic heterocycles. The van der Waals surface area contributed by atoms with Gasteiger partial charge in [-0.3, -0.25) is 0 Å². The molecule has 1 aromatic carbocycles. The number of rotatable bonds is 0. The fourth-order valence-corrected chi connectivity index (χ4v) is 2.51. The maximum atomic E-state index is 2.85. The molecule has 1 aromatic rings. The van der Waals surface area contributed by atoms with Gasteiger partial charge in [-0.05, 0) is 34.1 Å². The van der Waals surface area contributed by atoms with Gasteiger partial charge >= 0.3 is 0 Å². The van der Waals surface area contributed by atoms with E-state index in [0.29, 0.717) is 0 Å². The van der Waals surface area contributed by atoms with Crippen LogP contribution in [0.1, 0.15) is 31.9 Å². The molecule has 0 saturated carbocycles. The number of benzene rings is 1. The Hall–Kier alpha value is 0.0800. The van der Waals surface area contributed by atoms with Crippen molar-refractivity contribution in [2.45, 2.75) is 33.1 Å².